The largest absolute Gasteiger partial charge is 0.289 e. The molecule has 19 heavy (non-hydrogen) atoms. The third-order valence-electron chi connectivity index (χ3n) is 2.56. The Morgan fingerprint density at radius 3 is 2.68 bits per heavy atom. The Bertz CT molecular complexity index is 578. The summed E-state index contributed by atoms with van der Waals surface area (Å²) in [7, 11) is 0. The van der Waals surface area contributed by atoms with Gasteiger partial charge in [0, 0.05) is 4.90 Å². The molecule has 0 aliphatic heterocycles. The summed E-state index contributed by atoms with van der Waals surface area (Å²) in [5.41, 5.74) is 4.12. The van der Waals surface area contributed by atoms with Crippen LogP contribution >= 0.6 is 23.1 Å². The van der Waals surface area contributed by atoms with Gasteiger partial charge in [-0.1, -0.05) is 17.7 Å². The monoisotopic (exact) mass is 293 g/mol. The van der Waals surface area contributed by atoms with Crippen molar-refractivity contribution in [1.82, 2.24) is 10.4 Å². The Morgan fingerprint density at radius 2 is 2.05 bits per heavy atom. The van der Waals surface area contributed by atoms with E-state index in [0.717, 1.165) is 16.5 Å². The molecule has 0 saturated heterocycles. The smallest absolute Gasteiger partial charge is 0.277 e. The highest BCUT2D eigenvalue weighted by molar-refractivity contribution is 7.98. The summed E-state index contributed by atoms with van der Waals surface area (Å²) in [5, 5.41) is 0.932. The lowest BCUT2D eigenvalue weighted by molar-refractivity contribution is 0.0957. The van der Waals surface area contributed by atoms with Crippen LogP contribution in [-0.4, -0.2) is 10.9 Å². The molecule has 3 N–H and O–H groups in total. The van der Waals surface area contributed by atoms with Crippen molar-refractivity contribution in [3.05, 3.63) is 45.4 Å². The number of nitrogens with zero attached hydrogens (tertiary/aromatic N) is 1. The lowest BCUT2D eigenvalue weighted by Gasteiger charge is -1.99. The van der Waals surface area contributed by atoms with Crippen LogP contribution in [0.4, 0.5) is 0 Å². The van der Waals surface area contributed by atoms with Crippen LogP contribution in [0, 0.1) is 13.8 Å². The maximum absolute atomic E-state index is 11.5. The van der Waals surface area contributed by atoms with E-state index in [1.165, 1.54) is 21.8 Å². The Kier molecular flexibility index (Phi) is 4.57. The summed E-state index contributed by atoms with van der Waals surface area (Å²) in [6.07, 6.45) is 0. The first-order valence-corrected chi connectivity index (χ1v) is 7.57. The van der Waals surface area contributed by atoms with Gasteiger partial charge >= 0.3 is 0 Å². The van der Waals surface area contributed by atoms with Gasteiger partial charge in [-0.05, 0) is 26.0 Å². The predicted molar refractivity (Wildman–Crippen MR) is 79.2 cm³/mol. The highest BCUT2D eigenvalue weighted by Gasteiger charge is 2.14. The van der Waals surface area contributed by atoms with Crippen molar-refractivity contribution < 1.29 is 4.79 Å². The number of carbonyl (C=O) groups excluding carboxylic acids is 1. The minimum absolute atomic E-state index is 0.276. The summed E-state index contributed by atoms with van der Waals surface area (Å²) in [4.78, 5) is 17.7. The topological polar surface area (TPSA) is 68.0 Å². The molecule has 0 radical (unpaired) electrons. The number of hydrogen-bond donors (Lipinski definition) is 2. The molecule has 2 rings (SSSR count). The Balaban J connectivity index is 2.04. The van der Waals surface area contributed by atoms with E-state index in [0.29, 0.717) is 4.88 Å². The van der Waals surface area contributed by atoms with E-state index in [1.807, 2.05) is 6.92 Å². The zero-order valence-corrected chi connectivity index (χ0v) is 12.4. The maximum atomic E-state index is 11.5. The molecule has 1 amide bonds. The molecular formula is C13H15N3OS2. The van der Waals surface area contributed by atoms with Gasteiger partial charge in [0.05, 0.1) is 11.4 Å². The quantitative estimate of drug-likeness (QED) is 0.393. The van der Waals surface area contributed by atoms with E-state index in [9.17, 15) is 4.79 Å². The lowest BCUT2D eigenvalue weighted by atomic mass is 10.2. The van der Waals surface area contributed by atoms with Gasteiger partial charge in [0.25, 0.3) is 5.91 Å². The van der Waals surface area contributed by atoms with Crippen molar-refractivity contribution in [3.8, 4) is 0 Å². The van der Waals surface area contributed by atoms with Crippen LogP contribution in [0.1, 0.15) is 25.9 Å². The number of carbonyl (C=O) groups is 1. The van der Waals surface area contributed by atoms with Crippen molar-refractivity contribution >= 4 is 29.0 Å². The molecule has 1 heterocycles. The van der Waals surface area contributed by atoms with Gasteiger partial charge in [0.1, 0.15) is 9.88 Å². The van der Waals surface area contributed by atoms with E-state index in [2.05, 4.69) is 41.6 Å². The summed E-state index contributed by atoms with van der Waals surface area (Å²) < 4.78 is 0. The van der Waals surface area contributed by atoms with Crippen LogP contribution in [0.15, 0.2) is 29.2 Å². The van der Waals surface area contributed by atoms with Crippen LogP contribution in [-0.2, 0) is 5.75 Å². The minimum Gasteiger partial charge on any atom is -0.289 e. The van der Waals surface area contributed by atoms with Crippen LogP contribution < -0.4 is 11.3 Å². The molecule has 0 bridgehead atoms. The Morgan fingerprint density at radius 1 is 1.37 bits per heavy atom. The Labute approximate surface area is 120 Å². The molecule has 2 aromatic rings. The predicted octanol–water partition coefficient (Wildman–Crippen LogP) is 2.66. The van der Waals surface area contributed by atoms with Crippen molar-refractivity contribution in [3.63, 3.8) is 0 Å². The molecule has 0 aliphatic rings. The van der Waals surface area contributed by atoms with Gasteiger partial charge < -0.3 is 0 Å². The number of hydrogen-bond acceptors (Lipinski definition) is 5. The van der Waals surface area contributed by atoms with E-state index >= 15 is 0 Å². The molecule has 1 aromatic heterocycles. The molecule has 0 unspecified atom stereocenters. The average Bonchev–Trinajstić information content (AvgIpc) is 2.78. The van der Waals surface area contributed by atoms with Gasteiger partial charge in [-0.25, -0.2) is 10.8 Å². The third-order valence-corrected chi connectivity index (χ3v) is 4.92. The van der Waals surface area contributed by atoms with Gasteiger partial charge in [-0.3, -0.25) is 10.2 Å². The van der Waals surface area contributed by atoms with Gasteiger partial charge in [-0.15, -0.1) is 23.1 Å². The first-order valence-electron chi connectivity index (χ1n) is 5.77. The van der Waals surface area contributed by atoms with Gasteiger partial charge in [0.2, 0.25) is 0 Å². The number of benzene rings is 1. The molecule has 0 fully saturated rings. The number of amides is 1. The number of aryl methyl sites for hydroxylation is 2. The fourth-order valence-corrected chi connectivity index (χ4v) is 3.43. The number of rotatable bonds is 4. The zero-order valence-electron chi connectivity index (χ0n) is 10.8. The number of thioether (sulfide) groups is 1. The molecule has 4 nitrogen and oxygen atoms in total. The SMILES string of the molecule is Cc1ccc(SCc2nc(C)c(C(=O)NN)s2)cc1. The number of nitrogens with one attached hydrogen (secondary N) is 1. The second-order valence-corrected chi connectivity index (χ2v) is 6.23. The normalized spacial score (nSPS) is 10.5. The fourth-order valence-electron chi connectivity index (χ4n) is 1.57. The second-order valence-electron chi connectivity index (χ2n) is 4.10. The van der Waals surface area contributed by atoms with E-state index in [-0.39, 0.29) is 5.91 Å². The average molecular weight is 293 g/mol. The molecule has 0 spiro atoms. The molecule has 0 atom stereocenters. The summed E-state index contributed by atoms with van der Waals surface area (Å²) in [6, 6.07) is 8.35. The highest BCUT2D eigenvalue weighted by Crippen LogP contribution is 2.27. The third kappa shape index (κ3) is 3.56. The first kappa shape index (κ1) is 14.0. The Hall–Kier alpha value is -1.37. The maximum Gasteiger partial charge on any atom is 0.277 e. The lowest BCUT2D eigenvalue weighted by Crippen LogP contribution is -2.29. The minimum atomic E-state index is -0.276. The van der Waals surface area contributed by atoms with Crippen LogP contribution in [0.5, 0.6) is 0 Å². The number of aromatic nitrogens is 1. The van der Waals surface area contributed by atoms with Crippen molar-refractivity contribution in [1.29, 1.82) is 0 Å². The van der Waals surface area contributed by atoms with Crippen LogP contribution in [0.3, 0.4) is 0 Å². The van der Waals surface area contributed by atoms with E-state index < -0.39 is 0 Å². The number of nitrogen functional groups attached to an aromatic ring is 1. The standard InChI is InChI=1S/C13H15N3OS2/c1-8-3-5-10(6-4-8)18-7-11-15-9(2)12(19-11)13(17)16-14/h3-6H,7,14H2,1-2H3,(H,16,17). The number of nitrogens with two attached hydrogens (primary N) is 1. The van der Waals surface area contributed by atoms with Gasteiger partial charge in [0.15, 0.2) is 0 Å². The molecule has 6 heteroatoms. The second kappa shape index (κ2) is 6.18. The van der Waals surface area contributed by atoms with Crippen LogP contribution in [0.25, 0.3) is 0 Å². The number of hydrazine groups is 1. The molecular weight excluding hydrogens is 278 g/mol. The number of thiazole rings is 1. The molecule has 100 valence electrons. The highest BCUT2D eigenvalue weighted by atomic mass is 32.2. The zero-order chi connectivity index (χ0) is 13.8. The van der Waals surface area contributed by atoms with E-state index in [1.54, 1.807) is 11.8 Å². The molecule has 0 aliphatic carbocycles. The van der Waals surface area contributed by atoms with Gasteiger partial charge in [-0.2, -0.15) is 0 Å². The summed E-state index contributed by atoms with van der Waals surface area (Å²) in [5.74, 6) is 5.62. The van der Waals surface area contributed by atoms with Crippen molar-refractivity contribution in [2.75, 3.05) is 0 Å². The van der Waals surface area contributed by atoms with Crippen LogP contribution in [0.2, 0.25) is 0 Å². The summed E-state index contributed by atoms with van der Waals surface area (Å²) >= 11 is 3.10. The fraction of sp³-hybridized carbons (Fsp3) is 0.231. The molecule has 1 aromatic carbocycles. The van der Waals surface area contributed by atoms with Crippen molar-refractivity contribution in [2.45, 2.75) is 24.5 Å². The first-order chi connectivity index (χ1) is 9.10. The van der Waals surface area contributed by atoms with E-state index in [4.69, 9.17) is 5.84 Å². The summed E-state index contributed by atoms with van der Waals surface area (Å²) in [6.45, 7) is 3.89. The van der Waals surface area contributed by atoms with Crippen molar-refractivity contribution in [2.24, 2.45) is 5.84 Å². The molecule has 0 saturated carbocycles.